The molecule has 21 heavy (non-hydrogen) atoms. The summed E-state index contributed by atoms with van der Waals surface area (Å²) in [5, 5.41) is 0.904. The number of aryl methyl sites for hydroxylation is 1. The normalized spacial score (nSPS) is 13.9. The molecule has 5 heteroatoms. The summed E-state index contributed by atoms with van der Waals surface area (Å²) in [5.74, 6) is 1.06. The number of rotatable bonds is 4. The molecule has 110 valence electrons. The molecule has 0 atom stereocenters. The first kappa shape index (κ1) is 14.1. The molecule has 0 N–H and O–H groups in total. The fourth-order valence-corrected chi connectivity index (χ4v) is 3.65. The fraction of sp³-hybridized carbons (Fsp3) is 0.375. The Balaban J connectivity index is 1.82. The first-order chi connectivity index (χ1) is 10.2. The number of Topliss-reactive ketones (excluding diaryl/α,β-unsaturated/α-hetero) is 1. The largest absolute Gasteiger partial charge is 0.496 e. The average molecular weight is 302 g/mol. The second kappa shape index (κ2) is 5.85. The van der Waals surface area contributed by atoms with Crippen LogP contribution in [0.15, 0.2) is 24.3 Å². The molecule has 3 rings (SSSR count). The van der Waals surface area contributed by atoms with Gasteiger partial charge in [0.05, 0.1) is 7.11 Å². The van der Waals surface area contributed by atoms with Crippen molar-refractivity contribution in [2.75, 3.05) is 19.1 Å². The highest BCUT2D eigenvalue weighted by Crippen LogP contribution is 2.32. The van der Waals surface area contributed by atoms with E-state index in [1.807, 2.05) is 31.3 Å². The number of para-hydroxylation sites is 1. The van der Waals surface area contributed by atoms with Crippen LogP contribution in [0.5, 0.6) is 5.75 Å². The number of carbonyl (C=O) groups is 1. The molecule has 0 radical (unpaired) electrons. The van der Waals surface area contributed by atoms with Crippen LogP contribution in [-0.4, -0.2) is 24.9 Å². The Kier molecular flexibility index (Phi) is 3.92. The summed E-state index contributed by atoms with van der Waals surface area (Å²) in [5.41, 5.74) is 1.80. The molecular weight excluding hydrogens is 284 g/mol. The van der Waals surface area contributed by atoms with E-state index < -0.39 is 0 Å². The molecule has 2 aromatic rings. The first-order valence-corrected chi connectivity index (χ1v) is 7.86. The van der Waals surface area contributed by atoms with Crippen LogP contribution in [0.25, 0.3) is 0 Å². The summed E-state index contributed by atoms with van der Waals surface area (Å²) in [6.45, 7) is 0.713. The number of thiazole rings is 1. The van der Waals surface area contributed by atoms with Crippen LogP contribution >= 0.6 is 11.3 Å². The molecule has 1 heterocycles. The number of carbonyl (C=O) groups excluding carboxylic acids is 1. The standard InChI is InChI=1S/C16H18N2O2S/c1-18(10-11-6-3-4-8-13(11)20-2)16-17-15-12(19)7-5-9-14(15)21-16/h3-4,6,8H,5,7,9-10H2,1-2H3. The Morgan fingerprint density at radius 3 is 2.90 bits per heavy atom. The summed E-state index contributed by atoms with van der Waals surface area (Å²) < 4.78 is 5.38. The van der Waals surface area contributed by atoms with Crippen LogP contribution in [0.3, 0.4) is 0 Å². The van der Waals surface area contributed by atoms with E-state index in [9.17, 15) is 4.79 Å². The molecule has 0 fully saturated rings. The molecule has 0 unspecified atom stereocenters. The Bertz CT molecular complexity index is 666. The van der Waals surface area contributed by atoms with E-state index in [1.54, 1.807) is 18.4 Å². The van der Waals surface area contributed by atoms with E-state index in [-0.39, 0.29) is 5.78 Å². The number of benzene rings is 1. The number of ketones is 1. The molecule has 0 saturated carbocycles. The van der Waals surface area contributed by atoms with Gasteiger partial charge >= 0.3 is 0 Å². The van der Waals surface area contributed by atoms with E-state index in [4.69, 9.17) is 4.74 Å². The van der Waals surface area contributed by atoms with Crippen LogP contribution in [0.4, 0.5) is 5.13 Å². The fourth-order valence-electron chi connectivity index (χ4n) is 2.57. The van der Waals surface area contributed by atoms with E-state index in [0.29, 0.717) is 18.7 Å². The van der Waals surface area contributed by atoms with Gasteiger partial charge in [-0.3, -0.25) is 4.79 Å². The second-order valence-electron chi connectivity index (χ2n) is 5.21. The number of hydrogen-bond donors (Lipinski definition) is 0. The maximum Gasteiger partial charge on any atom is 0.186 e. The van der Waals surface area contributed by atoms with E-state index in [0.717, 1.165) is 34.2 Å². The third-order valence-electron chi connectivity index (χ3n) is 3.68. The lowest BCUT2D eigenvalue weighted by Crippen LogP contribution is -2.17. The minimum absolute atomic E-state index is 0.185. The second-order valence-corrected chi connectivity index (χ2v) is 6.27. The van der Waals surface area contributed by atoms with Crippen molar-refractivity contribution < 1.29 is 9.53 Å². The maximum atomic E-state index is 11.9. The number of fused-ring (bicyclic) bond motifs is 1. The summed E-state index contributed by atoms with van der Waals surface area (Å²) >= 11 is 1.63. The molecule has 0 spiro atoms. The molecule has 0 bridgehead atoms. The smallest absolute Gasteiger partial charge is 0.186 e. The van der Waals surface area contributed by atoms with Crippen molar-refractivity contribution >= 4 is 22.3 Å². The van der Waals surface area contributed by atoms with Crippen molar-refractivity contribution in [2.24, 2.45) is 0 Å². The molecule has 1 aliphatic rings. The predicted octanol–water partition coefficient (Wildman–Crippen LogP) is 3.31. The van der Waals surface area contributed by atoms with Gasteiger partial charge in [-0.05, 0) is 18.9 Å². The molecule has 4 nitrogen and oxygen atoms in total. The molecule has 1 aromatic carbocycles. The number of anilines is 1. The quantitative estimate of drug-likeness (QED) is 0.869. The van der Waals surface area contributed by atoms with Crippen LogP contribution in [0.2, 0.25) is 0 Å². The van der Waals surface area contributed by atoms with Gasteiger partial charge in [-0.1, -0.05) is 18.2 Å². The molecule has 1 aliphatic carbocycles. The van der Waals surface area contributed by atoms with Crippen LogP contribution in [0, 0.1) is 0 Å². The predicted molar refractivity (Wildman–Crippen MR) is 84.5 cm³/mol. The summed E-state index contributed by atoms with van der Waals surface area (Å²) in [7, 11) is 3.68. The van der Waals surface area contributed by atoms with Gasteiger partial charge in [0, 0.05) is 30.5 Å². The number of hydrogen-bond acceptors (Lipinski definition) is 5. The van der Waals surface area contributed by atoms with Crippen molar-refractivity contribution in [1.82, 2.24) is 4.98 Å². The third-order valence-corrected chi connectivity index (χ3v) is 4.91. The van der Waals surface area contributed by atoms with Gasteiger partial charge in [0.15, 0.2) is 10.9 Å². The Morgan fingerprint density at radius 1 is 1.33 bits per heavy atom. The lowest BCUT2D eigenvalue weighted by molar-refractivity contribution is 0.0968. The van der Waals surface area contributed by atoms with E-state index in [1.165, 1.54) is 0 Å². The highest BCUT2D eigenvalue weighted by atomic mass is 32.1. The van der Waals surface area contributed by atoms with Crippen molar-refractivity contribution in [3.05, 3.63) is 40.4 Å². The Labute approximate surface area is 128 Å². The van der Waals surface area contributed by atoms with Crippen molar-refractivity contribution in [3.63, 3.8) is 0 Å². The minimum Gasteiger partial charge on any atom is -0.496 e. The number of nitrogens with zero attached hydrogens (tertiary/aromatic N) is 2. The number of aromatic nitrogens is 1. The monoisotopic (exact) mass is 302 g/mol. The number of ether oxygens (including phenoxy) is 1. The van der Waals surface area contributed by atoms with Crippen LogP contribution in [0.1, 0.15) is 33.8 Å². The minimum atomic E-state index is 0.185. The molecular formula is C16H18N2O2S. The van der Waals surface area contributed by atoms with Gasteiger partial charge in [-0.25, -0.2) is 4.98 Å². The number of methoxy groups -OCH3 is 1. The van der Waals surface area contributed by atoms with Crippen molar-refractivity contribution in [2.45, 2.75) is 25.8 Å². The Hall–Kier alpha value is -1.88. The zero-order chi connectivity index (χ0) is 14.8. The summed E-state index contributed by atoms with van der Waals surface area (Å²) in [4.78, 5) is 19.6. The zero-order valence-corrected chi connectivity index (χ0v) is 13.1. The summed E-state index contributed by atoms with van der Waals surface area (Å²) in [6.07, 6.45) is 2.55. The third kappa shape index (κ3) is 2.78. The maximum absolute atomic E-state index is 11.9. The van der Waals surface area contributed by atoms with Gasteiger partial charge in [-0.15, -0.1) is 11.3 Å². The van der Waals surface area contributed by atoms with E-state index in [2.05, 4.69) is 9.88 Å². The van der Waals surface area contributed by atoms with Crippen molar-refractivity contribution in [1.29, 1.82) is 0 Å². The zero-order valence-electron chi connectivity index (χ0n) is 12.3. The molecule has 0 amide bonds. The van der Waals surface area contributed by atoms with Gasteiger partial charge < -0.3 is 9.64 Å². The van der Waals surface area contributed by atoms with Crippen LogP contribution < -0.4 is 9.64 Å². The lowest BCUT2D eigenvalue weighted by atomic mass is 10.0. The Morgan fingerprint density at radius 2 is 2.14 bits per heavy atom. The van der Waals surface area contributed by atoms with Crippen molar-refractivity contribution in [3.8, 4) is 5.75 Å². The topological polar surface area (TPSA) is 42.4 Å². The van der Waals surface area contributed by atoms with Gasteiger partial charge in [0.1, 0.15) is 11.4 Å². The molecule has 0 aliphatic heterocycles. The highest BCUT2D eigenvalue weighted by molar-refractivity contribution is 7.15. The van der Waals surface area contributed by atoms with Gasteiger partial charge in [-0.2, -0.15) is 0 Å². The summed E-state index contributed by atoms with van der Waals surface area (Å²) in [6, 6.07) is 7.97. The SMILES string of the molecule is COc1ccccc1CN(C)c1nc2c(s1)CCCC2=O. The highest BCUT2D eigenvalue weighted by Gasteiger charge is 2.23. The van der Waals surface area contributed by atoms with Crippen LogP contribution in [-0.2, 0) is 13.0 Å². The lowest BCUT2D eigenvalue weighted by Gasteiger charge is -2.17. The van der Waals surface area contributed by atoms with E-state index >= 15 is 0 Å². The molecule has 1 aromatic heterocycles. The van der Waals surface area contributed by atoms with Gasteiger partial charge in [0.2, 0.25) is 0 Å². The molecule has 0 saturated heterocycles. The first-order valence-electron chi connectivity index (χ1n) is 7.05. The van der Waals surface area contributed by atoms with Gasteiger partial charge in [0.25, 0.3) is 0 Å². The average Bonchev–Trinajstić information content (AvgIpc) is 2.93.